The van der Waals surface area contributed by atoms with E-state index in [2.05, 4.69) is 89.2 Å². The summed E-state index contributed by atoms with van der Waals surface area (Å²) in [6.07, 6.45) is 6.70. The molecule has 0 aromatic carbocycles. The van der Waals surface area contributed by atoms with E-state index in [1.807, 2.05) is 0 Å². The van der Waals surface area contributed by atoms with E-state index in [-0.39, 0.29) is 10.8 Å². The Bertz CT molecular complexity index is 673. The van der Waals surface area contributed by atoms with Gasteiger partial charge in [-0.2, -0.15) is 0 Å². The molecule has 28 heavy (non-hydrogen) atoms. The Morgan fingerprint density at radius 2 is 1.32 bits per heavy atom. The standard InChI is InChI=1S/C28H48/c1-13-25(15-24-14-23-16-26(24)19(5)18(23)4)28(11,12)22(8)21(7)27(9,10)20(6)17(2)3/h13,18-19,23-24,26H,14-16H2,1-12H3/b22-21-,25-13-. The third-order valence-electron chi connectivity index (χ3n) is 9.79. The van der Waals surface area contributed by atoms with Gasteiger partial charge in [-0.15, -0.1) is 0 Å². The van der Waals surface area contributed by atoms with Crippen LogP contribution in [0, 0.1) is 40.4 Å². The van der Waals surface area contributed by atoms with Crippen LogP contribution in [0.5, 0.6) is 0 Å². The molecule has 0 saturated heterocycles. The Labute approximate surface area is 177 Å². The molecule has 0 radical (unpaired) electrons. The number of hydrogen-bond donors (Lipinski definition) is 0. The van der Waals surface area contributed by atoms with E-state index in [1.54, 1.807) is 16.7 Å². The van der Waals surface area contributed by atoms with Gasteiger partial charge in [0.2, 0.25) is 0 Å². The second kappa shape index (κ2) is 8.16. The first-order chi connectivity index (χ1) is 12.8. The van der Waals surface area contributed by atoms with Crippen molar-refractivity contribution >= 4 is 0 Å². The molecular formula is C28H48. The quantitative estimate of drug-likeness (QED) is 0.401. The molecule has 0 heterocycles. The van der Waals surface area contributed by atoms with Crippen LogP contribution in [-0.4, -0.2) is 0 Å². The van der Waals surface area contributed by atoms with Crippen LogP contribution < -0.4 is 0 Å². The van der Waals surface area contributed by atoms with Gasteiger partial charge < -0.3 is 0 Å². The number of rotatable bonds is 6. The smallest absolute Gasteiger partial charge is 0.00641 e. The zero-order valence-electron chi connectivity index (χ0n) is 21.1. The summed E-state index contributed by atoms with van der Waals surface area (Å²) in [5.74, 6) is 4.72. The fourth-order valence-electron chi connectivity index (χ4n) is 6.43. The molecule has 5 unspecified atom stereocenters. The highest BCUT2D eigenvalue weighted by molar-refractivity contribution is 5.37. The Kier molecular flexibility index (Phi) is 6.84. The third kappa shape index (κ3) is 3.95. The normalized spacial score (nSPS) is 31.9. The third-order valence-corrected chi connectivity index (χ3v) is 9.79. The summed E-state index contributed by atoms with van der Waals surface area (Å²) in [5, 5.41) is 0. The molecule has 0 aromatic rings. The summed E-state index contributed by atoms with van der Waals surface area (Å²) in [4.78, 5) is 0. The van der Waals surface area contributed by atoms with Crippen LogP contribution in [0.25, 0.3) is 0 Å². The highest BCUT2D eigenvalue weighted by Gasteiger charge is 2.49. The van der Waals surface area contributed by atoms with E-state index in [1.165, 1.54) is 30.4 Å². The molecule has 2 saturated carbocycles. The molecule has 0 N–H and O–H groups in total. The zero-order chi connectivity index (χ0) is 21.6. The number of fused-ring (bicyclic) bond motifs is 2. The van der Waals surface area contributed by atoms with Crippen molar-refractivity contribution in [1.29, 1.82) is 0 Å². The molecule has 0 amide bonds. The lowest BCUT2D eigenvalue weighted by atomic mass is 9.65. The molecule has 0 aromatic heterocycles. The van der Waals surface area contributed by atoms with E-state index in [0.29, 0.717) is 0 Å². The molecule has 2 aliphatic carbocycles. The van der Waals surface area contributed by atoms with E-state index in [0.717, 1.165) is 29.6 Å². The summed E-state index contributed by atoms with van der Waals surface area (Å²) < 4.78 is 0. The molecule has 0 aliphatic heterocycles. The molecule has 2 aliphatic rings. The van der Waals surface area contributed by atoms with Gasteiger partial charge in [-0.05, 0) is 90.4 Å². The minimum absolute atomic E-state index is 0.120. The lowest BCUT2D eigenvalue weighted by molar-refractivity contribution is 0.184. The van der Waals surface area contributed by atoms with E-state index in [4.69, 9.17) is 0 Å². The van der Waals surface area contributed by atoms with Gasteiger partial charge in [0, 0.05) is 10.8 Å². The molecule has 0 heteroatoms. The molecule has 5 atom stereocenters. The molecule has 2 bridgehead atoms. The van der Waals surface area contributed by atoms with Crippen LogP contribution in [0.1, 0.15) is 102 Å². The van der Waals surface area contributed by atoms with Gasteiger partial charge in [-0.25, -0.2) is 0 Å². The van der Waals surface area contributed by atoms with Crippen molar-refractivity contribution in [1.82, 2.24) is 0 Å². The van der Waals surface area contributed by atoms with E-state index < -0.39 is 0 Å². The zero-order valence-corrected chi connectivity index (χ0v) is 21.1. The second-order valence-corrected chi connectivity index (χ2v) is 11.5. The maximum atomic E-state index is 2.52. The Morgan fingerprint density at radius 3 is 1.75 bits per heavy atom. The van der Waals surface area contributed by atoms with E-state index in [9.17, 15) is 0 Å². The second-order valence-electron chi connectivity index (χ2n) is 11.5. The van der Waals surface area contributed by atoms with Crippen molar-refractivity contribution in [3.05, 3.63) is 33.9 Å². The average Bonchev–Trinajstić information content (AvgIpc) is 3.16. The summed E-state index contributed by atoms with van der Waals surface area (Å²) in [6, 6.07) is 0. The van der Waals surface area contributed by atoms with Crippen molar-refractivity contribution in [2.45, 2.75) is 102 Å². The fourth-order valence-corrected chi connectivity index (χ4v) is 6.43. The van der Waals surface area contributed by atoms with Crippen molar-refractivity contribution in [2.24, 2.45) is 40.4 Å². The summed E-state index contributed by atoms with van der Waals surface area (Å²) in [5.41, 5.74) is 7.99. The molecule has 2 rings (SSSR count). The first-order valence-electron chi connectivity index (χ1n) is 11.7. The SMILES string of the molecule is C/C=C(/CC1CC2CC1C(C)C2C)C(C)(C)/C(C)=C(/C)C(C)(C)C(C)=C(C)C. The predicted molar refractivity (Wildman–Crippen MR) is 126 cm³/mol. The highest BCUT2D eigenvalue weighted by atomic mass is 14.5. The Balaban J connectivity index is 2.29. The van der Waals surface area contributed by atoms with Crippen LogP contribution in [0.2, 0.25) is 0 Å². The molecule has 160 valence electrons. The van der Waals surface area contributed by atoms with Crippen molar-refractivity contribution in [2.75, 3.05) is 0 Å². The molecule has 0 nitrogen and oxygen atoms in total. The van der Waals surface area contributed by atoms with Gasteiger partial charge in [-0.3, -0.25) is 0 Å². The van der Waals surface area contributed by atoms with E-state index >= 15 is 0 Å². The van der Waals surface area contributed by atoms with Gasteiger partial charge in [-0.1, -0.05) is 75.5 Å². The predicted octanol–water partition coefficient (Wildman–Crippen LogP) is 9.00. The molecule has 0 spiro atoms. The van der Waals surface area contributed by atoms with Gasteiger partial charge >= 0.3 is 0 Å². The average molecular weight is 385 g/mol. The lowest BCUT2D eigenvalue weighted by Crippen LogP contribution is -2.28. The molecule has 2 fully saturated rings. The van der Waals surface area contributed by atoms with Crippen LogP contribution >= 0.6 is 0 Å². The highest BCUT2D eigenvalue weighted by Crippen LogP contribution is 2.57. The van der Waals surface area contributed by atoms with Crippen molar-refractivity contribution in [3.8, 4) is 0 Å². The van der Waals surface area contributed by atoms with Gasteiger partial charge in [0.1, 0.15) is 0 Å². The Morgan fingerprint density at radius 1 is 0.786 bits per heavy atom. The Hall–Kier alpha value is -0.780. The number of hydrogen-bond acceptors (Lipinski definition) is 0. The summed E-state index contributed by atoms with van der Waals surface area (Å²) in [7, 11) is 0. The summed E-state index contributed by atoms with van der Waals surface area (Å²) >= 11 is 0. The lowest BCUT2D eigenvalue weighted by Gasteiger charge is -2.39. The fraction of sp³-hybridized carbons (Fsp3) is 0.786. The van der Waals surface area contributed by atoms with Crippen LogP contribution in [0.4, 0.5) is 0 Å². The summed E-state index contributed by atoms with van der Waals surface area (Å²) in [6.45, 7) is 28.6. The van der Waals surface area contributed by atoms with Gasteiger partial charge in [0.15, 0.2) is 0 Å². The maximum Gasteiger partial charge on any atom is 0.00641 e. The number of allylic oxidation sites excluding steroid dienone is 6. The first-order valence-corrected chi connectivity index (χ1v) is 11.7. The van der Waals surface area contributed by atoms with Crippen LogP contribution in [-0.2, 0) is 0 Å². The topological polar surface area (TPSA) is 0 Å². The van der Waals surface area contributed by atoms with Crippen LogP contribution in [0.15, 0.2) is 33.9 Å². The largest absolute Gasteiger partial charge is 0.0876 e. The monoisotopic (exact) mass is 384 g/mol. The van der Waals surface area contributed by atoms with Gasteiger partial charge in [0.25, 0.3) is 0 Å². The maximum absolute atomic E-state index is 2.52. The molecular weight excluding hydrogens is 336 g/mol. The van der Waals surface area contributed by atoms with Crippen LogP contribution in [0.3, 0.4) is 0 Å². The minimum Gasteiger partial charge on any atom is -0.0876 e. The van der Waals surface area contributed by atoms with Crippen molar-refractivity contribution in [3.63, 3.8) is 0 Å². The van der Waals surface area contributed by atoms with Gasteiger partial charge in [0.05, 0.1) is 0 Å². The minimum atomic E-state index is 0.120. The first kappa shape index (κ1) is 23.5. The van der Waals surface area contributed by atoms with Crippen molar-refractivity contribution < 1.29 is 0 Å².